The minimum atomic E-state index is 1.29. The van der Waals surface area contributed by atoms with Crippen molar-refractivity contribution in [3.8, 4) is 11.1 Å². The zero-order valence-electron chi connectivity index (χ0n) is 19.2. The van der Waals surface area contributed by atoms with E-state index >= 15 is 0 Å². The average molecular weight is 431 g/mol. The molecular weight excluding hydrogens is 408 g/mol. The molecule has 0 aliphatic heterocycles. The van der Waals surface area contributed by atoms with Crippen LogP contribution < -0.4 is 0 Å². The summed E-state index contributed by atoms with van der Waals surface area (Å²) < 4.78 is 0. The highest BCUT2D eigenvalue weighted by Gasteiger charge is 2.25. The van der Waals surface area contributed by atoms with Crippen molar-refractivity contribution in [2.24, 2.45) is 0 Å². The summed E-state index contributed by atoms with van der Waals surface area (Å²) in [5.41, 5.74) is 5.33. The Morgan fingerprint density at radius 3 is 1.94 bits per heavy atom. The van der Waals surface area contributed by atoms with Gasteiger partial charge in [0.15, 0.2) is 0 Å². The molecule has 34 heavy (non-hydrogen) atoms. The number of aryl methyl sites for hydroxylation is 2. The van der Waals surface area contributed by atoms with Gasteiger partial charge in [-0.2, -0.15) is 0 Å². The van der Waals surface area contributed by atoms with Crippen molar-refractivity contribution in [1.29, 1.82) is 0 Å². The maximum Gasteiger partial charge on any atom is -0.000473 e. The number of hydrogen-bond donors (Lipinski definition) is 0. The number of hydrogen-bond acceptors (Lipinski definition) is 0. The molecule has 0 saturated heterocycles. The van der Waals surface area contributed by atoms with Crippen LogP contribution in [0.25, 0.3) is 75.8 Å². The Morgan fingerprint density at radius 1 is 0.412 bits per heavy atom. The van der Waals surface area contributed by atoms with E-state index in [4.69, 9.17) is 0 Å². The summed E-state index contributed by atoms with van der Waals surface area (Å²) in [5, 5.41) is 16.6. The van der Waals surface area contributed by atoms with E-state index in [0.717, 1.165) is 0 Å². The van der Waals surface area contributed by atoms with Crippen molar-refractivity contribution in [2.45, 2.75) is 13.8 Å². The topological polar surface area (TPSA) is 0 Å². The Hall–Kier alpha value is -4.16. The van der Waals surface area contributed by atoms with Crippen LogP contribution in [0.3, 0.4) is 0 Å². The second kappa shape index (κ2) is 6.24. The zero-order chi connectivity index (χ0) is 22.6. The Kier molecular flexibility index (Phi) is 3.36. The average Bonchev–Trinajstić information content (AvgIpc) is 3.38. The maximum atomic E-state index is 2.41. The predicted octanol–water partition coefficient (Wildman–Crippen LogP) is 9.77. The van der Waals surface area contributed by atoms with Crippen LogP contribution in [0.4, 0.5) is 0 Å². The third-order valence-corrected chi connectivity index (χ3v) is 7.87. The molecule has 0 aliphatic carbocycles. The van der Waals surface area contributed by atoms with Gasteiger partial charge in [0.25, 0.3) is 0 Å². The van der Waals surface area contributed by atoms with E-state index in [0.29, 0.717) is 0 Å². The second-order valence-corrected chi connectivity index (χ2v) is 9.81. The van der Waals surface area contributed by atoms with Gasteiger partial charge in [-0.25, -0.2) is 0 Å². The molecule has 8 rings (SSSR count). The fourth-order valence-corrected chi connectivity index (χ4v) is 6.63. The monoisotopic (exact) mass is 430 g/mol. The predicted molar refractivity (Wildman–Crippen MR) is 149 cm³/mol. The fraction of sp³-hybridized carbons (Fsp3) is 0.0588. The largest absolute Gasteiger partial charge is 0.0622 e. The van der Waals surface area contributed by atoms with E-state index in [1.54, 1.807) is 0 Å². The molecule has 8 aromatic rings. The molecular formula is C34H22. The van der Waals surface area contributed by atoms with Crippen molar-refractivity contribution in [1.82, 2.24) is 0 Å². The van der Waals surface area contributed by atoms with Gasteiger partial charge in [0, 0.05) is 0 Å². The van der Waals surface area contributed by atoms with E-state index in [2.05, 4.69) is 111 Å². The van der Waals surface area contributed by atoms with Crippen molar-refractivity contribution in [2.75, 3.05) is 0 Å². The third kappa shape index (κ3) is 2.10. The van der Waals surface area contributed by atoms with Crippen molar-refractivity contribution >= 4 is 64.6 Å². The minimum absolute atomic E-state index is 1.29. The first-order valence-corrected chi connectivity index (χ1v) is 12.0. The highest BCUT2D eigenvalue weighted by molar-refractivity contribution is 6.48. The van der Waals surface area contributed by atoms with Crippen LogP contribution in [0.15, 0.2) is 97.1 Å². The summed E-state index contributed by atoms with van der Waals surface area (Å²) in [7, 11) is 0. The van der Waals surface area contributed by atoms with Gasteiger partial charge >= 0.3 is 0 Å². The lowest BCUT2D eigenvalue weighted by atomic mass is 9.90. The summed E-state index contributed by atoms with van der Waals surface area (Å²) >= 11 is 0. The molecule has 0 radical (unpaired) electrons. The lowest BCUT2D eigenvalue weighted by Gasteiger charge is -2.13. The van der Waals surface area contributed by atoms with Crippen molar-refractivity contribution in [3.05, 3.63) is 108 Å². The molecule has 0 fully saturated rings. The summed E-state index contributed by atoms with van der Waals surface area (Å²) in [5.74, 6) is 0. The van der Waals surface area contributed by atoms with E-state index in [1.165, 1.54) is 86.9 Å². The van der Waals surface area contributed by atoms with Crippen LogP contribution >= 0.6 is 0 Å². The van der Waals surface area contributed by atoms with Gasteiger partial charge in [-0.1, -0.05) is 97.1 Å². The first-order valence-electron chi connectivity index (χ1n) is 12.0. The van der Waals surface area contributed by atoms with Gasteiger partial charge in [0.1, 0.15) is 0 Å². The molecule has 0 aromatic heterocycles. The second-order valence-electron chi connectivity index (χ2n) is 9.81. The van der Waals surface area contributed by atoms with Gasteiger partial charge < -0.3 is 0 Å². The van der Waals surface area contributed by atoms with E-state index in [1.807, 2.05) is 0 Å². The Labute approximate surface area is 197 Å². The van der Waals surface area contributed by atoms with Crippen LogP contribution in [0.1, 0.15) is 11.1 Å². The Balaban J connectivity index is 1.85. The minimum Gasteiger partial charge on any atom is -0.0622 e. The molecule has 0 saturated carbocycles. The van der Waals surface area contributed by atoms with E-state index in [9.17, 15) is 0 Å². The van der Waals surface area contributed by atoms with Crippen LogP contribution in [0.2, 0.25) is 0 Å². The summed E-state index contributed by atoms with van der Waals surface area (Å²) in [4.78, 5) is 0. The van der Waals surface area contributed by atoms with Gasteiger partial charge in [-0.05, 0) is 101 Å². The van der Waals surface area contributed by atoms with Crippen LogP contribution in [-0.2, 0) is 0 Å². The van der Waals surface area contributed by atoms with Crippen molar-refractivity contribution in [3.63, 3.8) is 0 Å². The van der Waals surface area contributed by atoms with Gasteiger partial charge in [0.05, 0.1) is 0 Å². The first-order chi connectivity index (χ1) is 16.7. The molecule has 158 valence electrons. The molecule has 0 amide bonds. The molecule has 0 atom stereocenters. The third-order valence-electron chi connectivity index (χ3n) is 7.87. The molecule has 0 N–H and O–H groups in total. The van der Waals surface area contributed by atoms with E-state index in [-0.39, 0.29) is 0 Å². The Morgan fingerprint density at radius 2 is 1.09 bits per heavy atom. The van der Waals surface area contributed by atoms with Gasteiger partial charge in [-0.3, -0.25) is 0 Å². The van der Waals surface area contributed by atoms with Crippen molar-refractivity contribution < 1.29 is 0 Å². The lowest BCUT2D eigenvalue weighted by Crippen LogP contribution is -1.85. The zero-order valence-corrected chi connectivity index (χ0v) is 19.2. The lowest BCUT2D eigenvalue weighted by molar-refractivity contribution is 1.52. The van der Waals surface area contributed by atoms with E-state index < -0.39 is 0 Å². The smallest absolute Gasteiger partial charge is 0.000473 e. The molecule has 8 aromatic carbocycles. The maximum absolute atomic E-state index is 2.41. The molecule has 0 heteroatoms. The molecule has 0 bridgehead atoms. The molecule has 0 nitrogen and oxygen atoms in total. The SMILES string of the molecule is Cc1cc2ccc(C)c3c4c(-c5ccccc5)c5cccc6c7ccccc7c(c56)c4c(c1)c23. The van der Waals surface area contributed by atoms with Gasteiger partial charge in [0.2, 0.25) is 0 Å². The molecule has 0 spiro atoms. The normalized spacial score (nSPS) is 12.4. The van der Waals surface area contributed by atoms with Crippen LogP contribution in [0, 0.1) is 13.8 Å². The quantitative estimate of drug-likeness (QED) is 0.243. The first kappa shape index (κ1) is 18.3. The summed E-state index contributed by atoms with van der Waals surface area (Å²) in [6.07, 6.45) is 0. The highest BCUT2D eigenvalue weighted by Crippen LogP contribution is 2.53. The summed E-state index contributed by atoms with van der Waals surface area (Å²) in [6, 6.07) is 36.2. The standard InChI is InChI=1S/C34H22/c1-19-17-22-16-15-20(2)28-30(22)27(18-19)33-32-25-12-7-6-11-23(25)24-13-8-14-26(31(24)32)29(34(28)33)21-9-4-3-5-10-21/h3-18H,1-2H3. The summed E-state index contributed by atoms with van der Waals surface area (Å²) in [6.45, 7) is 4.50. The van der Waals surface area contributed by atoms with Crippen LogP contribution in [-0.4, -0.2) is 0 Å². The number of rotatable bonds is 1. The highest BCUT2D eigenvalue weighted by atomic mass is 14.3. The number of benzene rings is 6. The number of fused-ring (bicyclic) bond motifs is 7. The van der Waals surface area contributed by atoms with Gasteiger partial charge in [-0.15, -0.1) is 0 Å². The molecule has 0 aliphatic rings. The van der Waals surface area contributed by atoms with Crippen LogP contribution in [0.5, 0.6) is 0 Å². The molecule has 0 heterocycles. The Bertz CT molecular complexity index is 2060. The molecule has 0 unspecified atom stereocenters. The fourth-order valence-electron chi connectivity index (χ4n) is 6.63.